The van der Waals surface area contributed by atoms with E-state index >= 15 is 0 Å². The van der Waals surface area contributed by atoms with Crippen LogP contribution in [-0.4, -0.2) is 0 Å². The van der Waals surface area contributed by atoms with Gasteiger partial charge in [0.15, 0.2) is 0 Å². The molecule has 182 valence electrons. The average Bonchev–Trinajstić information content (AvgIpc) is 3.48. The molecule has 0 saturated carbocycles. The molecule has 0 aliphatic rings. The number of furan rings is 1. The Morgan fingerprint density at radius 2 is 0.923 bits per heavy atom. The fraction of sp³-hybridized carbons (Fsp3) is 0. The molecule has 1 heterocycles. The van der Waals surface area contributed by atoms with Crippen LogP contribution in [-0.2, 0) is 0 Å². The predicted molar refractivity (Wildman–Crippen MR) is 165 cm³/mol. The van der Waals surface area contributed by atoms with Gasteiger partial charge in [-0.2, -0.15) is 0 Å². The van der Waals surface area contributed by atoms with Gasteiger partial charge in [-0.3, -0.25) is 0 Å². The van der Waals surface area contributed by atoms with Crippen molar-refractivity contribution in [1.29, 1.82) is 0 Å². The van der Waals surface area contributed by atoms with Crippen LogP contribution in [0.1, 0.15) is 11.0 Å². The molecule has 7 aromatic carbocycles. The molecule has 0 atom stereocenters. The van der Waals surface area contributed by atoms with Gasteiger partial charge in [0.25, 0.3) is 0 Å². The van der Waals surface area contributed by atoms with Gasteiger partial charge < -0.3 is 4.42 Å². The summed E-state index contributed by atoms with van der Waals surface area (Å²) in [5.74, 6) is 0. The van der Waals surface area contributed by atoms with Gasteiger partial charge in [0.2, 0.25) is 0 Å². The van der Waals surface area contributed by atoms with Crippen LogP contribution in [0.5, 0.6) is 0 Å². The van der Waals surface area contributed by atoms with Crippen LogP contribution in [0.2, 0.25) is 0 Å². The van der Waals surface area contributed by atoms with Gasteiger partial charge in [0.05, 0.1) is 11.0 Å². The molecule has 8 aromatic rings. The zero-order valence-electron chi connectivity index (χ0n) is 28.6. The Balaban J connectivity index is 1.53. The number of fused-ring (bicyclic) bond motifs is 5. The van der Waals surface area contributed by atoms with Gasteiger partial charge in [-0.15, -0.1) is 0 Å². The van der Waals surface area contributed by atoms with E-state index < -0.39 is 24.2 Å². The van der Waals surface area contributed by atoms with Gasteiger partial charge in [-0.1, -0.05) is 121 Å². The first-order valence-corrected chi connectivity index (χ1v) is 12.7. The van der Waals surface area contributed by atoms with Crippen molar-refractivity contribution in [2.45, 2.75) is 0 Å². The highest BCUT2D eigenvalue weighted by atomic mass is 16.3. The summed E-state index contributed by atoms with van der Waals surface area (Å²) in [5.41, 5.74) is 5.06. The second kappa shape index (κ2) is 8.72. The van der Waals surface area contributed by atoms with E-state index in [1.54, 1.807) is 24.3 Å². The maximum absolute atomic E-state index is 9.14. The van der Waals surface area contributed by atoms with Crippen molar-refractivity contribution in [2.75, 3.05) is 0 Å². The van der Waals surface area contributed by atoms with E-state index in [0.29, 0.717) is 22.3 Å². The summed E-state index contributed by atoms with van der Waals surface area (Å²) in [6.07, 6.45) is 0. The molecule has 0 bridgehead atoms. The monoisotopic (exact) mass is 504 g/mol. The number of hydrogen-bond acceptors (Lipinski definition) is 1. The molecule has 0 radical (unpaired) electrons. The zero-order valence-corrected chi connectivity index (χ0v) is 20.6. The lowest BCUT2D eigenvalue weighted by atomic mass is 9.85. The summed E-state index contributed by atoms with van der Waals surface area (Å²) in [6.45, 7) is 0. The van der Waals surface area contributed by atoms with E-state index in [1.807, 2.05) is 72.8 Å². The van der Waals surface area contributed by atoms with Crippen LogP contribution in [0.4, 0.5) is 0 Å². The molecule has 1 heteroatoms. The highest BCUT2D eigenvalue weighted by Crippen LogP contribution is 2.44. The van der Waals surface area contributed by atoms with Crippen molar-refractivity contribution in [2.24, 2.45) is 0 Å². The van der Waals surface area contributed by atoms with Crippen LogP contribution in [0, 0.1) is 0 Å². The summed E-state index contributed by atoms with van der Waals surface area (Å²) in [4.78, 5) is 0. The van der Waals surface area contributed by atoms with Gasteiger partial charge >= 0.3 is 0 Å². The third kappa shape index (κ3) is 3.48. The lowest BCUT2D eigenvalue weighted by Gasteiger charge is -2.18. The number of benzene rings is 7. The fourth-order valence-electron chi connectivity index (χ4n) is 5.57. The summed E-state index contributed by atoms with van der Waals surface area (Å²) in [6, 6.07) is 27.5. The van der Waals surface area contributed by atoms with Crippen molar-refractivity contribution in [3.05, 3.63) is 145 Å². The van der Waals surface area contributed by atoms with Crippen molar-refractivity contribution >= 4 is 43.5 Å². The Morgan fingerprint density at radius 1 is 0.385 bits per heavy atom. The lowest BCUT2D eigenvalue weighted by molar-refractivity contribution is 0.669. The Hall–Kier alpha value is -5.14. The molecule has 0 fully saturated rings. The molecule has 0 saturated heterocycles. The Bertz CT molecular complexity index is 2530. The average molecular weight is 505 g/mol. The second-order valence-corrected chi connectivity index (χ2v) is 9.51. The summed E-state index contributed by atoms with van der Waals surface area (Å²) < 4.78 is 76.9. The molecule has 0 aliphatic heterocycles. The first kappa shape index (κ1) is 15.3. The molecule has 1 aromatic heterocycles. The molecule has 0 N–H and O–H groups in total. The third-order valence-electron chi connectivity index (χ3n) is 7.30. The van der Waals surface area contributed by atoms with Crippen molar-refractivity contribution in [1.82, 2.24) is 0 Å². The number of rotatable bonds is 3. The van der Waals surface area contributed by atoms with Crippen LogP contribution in [0.3, 0.4) is 0 Å². The van der Waals surface area contributed by atoms with Gasteiger partial charge in [0.1, 0.15) is 11.2 Å². The highest BCUT2D eigenvalue weighted by Gasteiger charge is 2.17. The fourth-order valence-corrected chi connectivity index (χ4v) is 5.57. The Kier molecular flexibility index (Phi) is 3.42. The van der Waals surface area contributed by atoms with E-state index in [9.17, 15) is 0 Å². The maximum Gasteiger partial charge on any atom is 0.135 e. The molecule has 8 rings (SSSR count). The zero-order chi connectivity index (χ0) is 32.7. The molecule has 0 aliphatic carbocycles. The predicted octanol–water partition coefficient (Wildman–Crippen LogP) is 10.9. The minimum absolute atomic E-state index is 0.195. The standard InChI is InChI=1S/C38H24O/c1-2-11-25(12-3-1)37-30-16-4-6-18-32(30)38(33-19-7-5-17-31(33)37)28-14-10-13-26(23-28)27-21-22-36-34(24-27)29-15-8-9-20-35(29)39-36/h1-24H/i4D,5D,6D,7D,16D,17D,18D,19D. The van der Waals surface area contributed by atoms with Crippen molar-refractivity contribution < 1.29 is 15.4 Å². The third-order valence-corrected chi connectivity index (χ3v) is 7.30. The Morgan fingerprint density at radius 3 is 1.64 bits per heavy atom. The van der Waals surface area contributed by atoms with E-state index in [4.69, 9.17) is 15.4 Å². The Labute approximate surface area is 237 Å². The van der Waals surface area contributed by atoms with Gasteiger partial charge in [-0.05, 0) is 79.2 Å². The van der Waals surface area contributed by atoms with Crippen molar-refractivity contribution in [3.8, 4) is 33.4 Å². The first-order valence-electron chi connectivity index (χ1n) is 16.7. The molecular formula is C38H24O. The minimum Gasteiger partial charge on any atom is -0.456 e. The molecule has 0 spiro atoms. The van der Waals surface area contributed by atoms with E-state index in [0.717, 1.165) is 33.1 Å². The van der Waals surface area contributed by atoms with E-state index in [1.165, 1.54) is 0 Å². The quantitative estimate of drug-likeness (QED) is 0.218. The largest absolute Gasteiger partial charge is 0.456 e. The van der Waals surface area contributed by atoms with Gasteiger partial charge in [-0.25, -0.2) is 0 Å². The van der Waals surface area contributed by atoms with Crippen molar-refractivity contribution in [3.63, 3.8) is 0 Å². The maximum atomic E-state index is 9.14. The summed E-state index contributed by atoms with van der Waals surface area (Å²) in [5, 5.41) is 2.73. The molecule has 1 nitrogen and oxygen atoms in total. The van der Waals surface area contributed by atoms with Crippen LogP contribution >= 0.6 is 0 Å². The lowest BCUT2D eigenvalue weighted by Crippen LogP contribution is -1.91. The number of hydrogen-bond donors (Lipinski definition) is 0. The smallest absolute Gasteiger partial charge is 0.135 e. The SMILES string of the molecule is [2H]c1c([2H])c([2H])c2c(-c3cccc(-c4ccc5oc6ccccc6c5c4)c3)c3c([2H])c([2H])c([2H])c([2H])c3c(-c3ccccc3)c2c1[2H]. The van der Waals surface area contributed by atoms with Gasteiger partial charge in [0, 0.05) is 10.8 Å². The molecule has 39 heavy (non-hydrogen) atoms. The first-order chi connectivity index (χ1) is 22.7. The molecular weight excluding hydrogens is 472 g/mol. The molecule has 0 amide bonds. The van der Waals surface area contributed by atoms with E-state index in [-0.39, 0.29) is 45.7 Å². The molecule has 0 unspecified atom stereocenters. The second-order valence-electron chi connectivity index (χ2n) is 9.51. The number of para-hydroxylation sites is 1. The van der Waals surface area contributed by atoms with Crippen LogP contribution < -0.4 is 0 Å². The van der Waals surface area contributed by atoms with Crippen LogP contribution in [0.25, 0.3) is 76.9 Å². The van der Waals surface area contributed by atoms with Crippen LogP contribution in [0.15, 0.2) is 150 Å². The summed E-state index contributed by atoms with van der Waals surface area (Å²) >= 11 is 0. The van der Waals surface area contributed by atoms with E-state index in [2.05, 4.69) is 0 Å². The minimum atomic E-state index is -0.420. The topological polar surface area (TPSA) is 13.1 Å². The highest BCUT2D eigenvalue weighted by molar-refractivity contribution is 6.21. The summed E-state index contributed by atoms with van der Waals surface area (Å²) in [7, 11) is 0. The normalized spacial score (nSPS) is 14.5.